The standard InChI is InChI=1S/C23H24BrN3OS/c1-15-10-8-9-13-21(15)27-16(2)20(22(24)17(27)3)14-25-26-23(28)18(4)29-19-11-6-5-7-12-19/h5-14,18H,1-4H3,(H,26,28)/b25-14-/t18-/m1/s1. The Bertz CT molecular complexity index is 1040. The summed E-state index contributed by atoms with van der Waals surface area (Å²) >= 11 is 5.20. The van der Waals surface area contributed by atoms with Crippen molar-refractivity contribution in [1.82, 2.24) is 9.99 Å². The number of para-hydroxylation sites is 1. The Hall–Kier alpha value is -2.31. The Kier molecular flexibility index (Phi) is 6.98. The van der Waals surface area contributed by atoms with E-state index in [2.05, 4.69) is 63.9 Å². The molecule has 0 aliphatic rings. The second kappa shape index (κ2) is 9.46. The molecule has 1 N–H and O–H groups in total. The molecule has 6 heteroatoms. The van der Waals surface area contributed by atoms with Crippen molar-refractivity contribution < 1.29 is 4.79 Å². The molecule has 1 atom stereocenters. The number of nitrogens with zero attached hydrogens (tertiary/aromatic N) is 2. The molecule has 0 unspecified atom stereocenters. The normalized spacial score (nSPS) is 12.3. The molecule has 0 saturated carbocycles. The Morgan fingerprint density at radius 3 is 2.41 bits per heavy atom. The van der Waals surface area contributed by atoms with Crippen LogP contribution in [0.25, 0.3) is 5.69 Å². The smallest absolute Gasteiger partial charge is 0.253 e. The molecule has 2 aromatic carbocycles. The minimum absolute atomic E-state index is 0.126. The number of benzene rings is 2. The average molecular weight is 470 g/mol. The van der Waals surface area contributed by atoms with E-state index in [9.17, 15) is 4.79 Å². The fraction of sp³-hybridized carbons (Fsp3) is 0.217. The summed E-state index contributed by atoms with van der Waals surface area (Å²) in [5.41, 5.74) is 8.11. The lowest BCUT2D eigenvalue weighted by molar-refractivity contribution is -0.120. The van der Waals surface area contributed by atoms with E-state index in [1.165, 1.54) is 17.3 Å². The van der Waals surface area contributed by atoms with Crippen LogP contribution in [0.15, 0.2) is 69.1 Å². The van der Waals surface area contributed by atoms with E-state index < -0.39 is 0 Å². The van der Waals surface area contributed by atoms with E-state index in [1.807, 2.05) is 49.4 Å². The molecule has 3 aromatic rings. The van der Waals surface area contributed by atoms with Gasteiger partial charge in [0.2, 0.25) is 0 Å². The van der Waals surface area contributed by atoms with Crippen LogP contribution >= 0.6 is 27.7 Å². The molecule has 0 fully saturated rings. The number of nitrogens with one attached hydrogen (secondary N) is 1. The lowest BCUT2D eigenvalue weighted by Gasteiger charge is -2.12. The van der Waals surface area contributed by atoms with Crippen molar-refractivity contribution in [3.05, 3.63) is 81.6 Å². The van der Waals surface area contributed by atoms with Gasteiger partial charge in [-0.15, -0.1) is 11.8 Å². The van der Waals surface area contributed by atoms with Gasteiger partial charge in [-0.25, -0.2) is 5.43 Å². The van der Waals surface area contributed by atoms with Crippen LogP contribution in [0.4, 0.5) is 0 Å². The molecule has 0 bridgehead atoms. The van der Waals surface area contributed by atoms with Crippen molar-refractivity contribution in [3.8, 4) is 5.69 Å². The summed E-state index contributed by atoms with van der Waals surface area (Å²) in [4.78, 5) is 13.4. The summed E-state index contributed by atoms with van der Waals surface area (Å²) in [6, 6.07) is 18.2. The van der Waals surface area contributed by atoms with Crippen molar-refractivity contribution in [3.63, 3.8) is 0 Å². The van der Waals surface area contributed by atoms with Gasteiger partial charge in [0.15, 0.2) is 0 Å². The van der Waals surface area contributed by atoms with Gasteiger partial charge >= 0.3 is 0 Å². The number of halogens is 1. The zero-order valence-corrected chi connectivity index (χ0v) is 19.3. The predicted octanol–water partition coefficient (Wildman–Crippen LogP) is 5.80. The van der Waals surface area contributed by atoms with Crippen molar-refractivity contribution in [1.29, 1.82) is 0 Å². The van der Waals surface area contributed by atoms with E-state index in [0.29, 0.717) is 0 Å². The number of hydrogen-bond acceptors (Lipinski definition) is 3. The second-order valence-corrected chi connectivity index (χ2v) is 9.03. The molecular weight excluding hydrogens is 446 g/mol. The monoisotopic (exact) mass is 469 g/mol. The Morgan fingerprint density at radius 1 is 1.07 bits per heavy atom. The lowest BCUT2D eigenvalue weighted by Crippen LogP contribution is -2.26. The minimum atomic E-state index is -0.239. The molecule has 0 radical (unpaired) electrons. The SMILES string of the molecule is Cc1ccccc1-n1c(C)c(Br)c(/C=N\NC(=O)[C@@H](C)Sc2ccccc2)c1C. The summed E-state index contributed by atoms with van der Waals surface area (Å²) in [6.07, 6.45) is 1.71. The number of rotatable bonds is 6. The molecule has 3 rings (SSSR count). The van der Waals surface area contributed by atoms with E-state index in [0.717, 1.165) is 32.0 Å². The quantitative estimate of drug-likeness (QED) is 0.281. The zero-order valence-electron chi connectivity index (χ0n) is 16.9. The highest BCUT2D eigenvalue weighted by atomic mass is 79.9. The number of hydrazone groups is 1. The summed E-state index contributed by atoms with van der Waals surface area (Å²) in [5.74, 6) is -0.126. The van der Waals surface area contributed by atoms with Gasteiger partial charge in [-0.2, -0.15) is 5.10 Å². The maximum absolute atomic E-state index is 12.4. The Labute approximate surface area is 184 Å². The Balaban J connectivity index is 1.75. The molecule has 0 spiro atoms. The van der Waals surface area contributed by atoms with Crippen LogP contribution < -0.4 is 5.43 Å². The van der Waals surface area contributed by atoms with E-state index >= 15 is 0 Å². The summed E-state index contributed by atoms with van der Waals surface area (Å²) in [7, 11) is 0. The lowest BCUT2D eigenvalue weighted by atomic mass is 10.2. The van der Waals surface area contributed by atoms with Crippen LogP contribution in [0.3, 0.4) is 0 Å². The van der Waals surface area contributed by atoms with E-state index in [1.54, 1.807) is 6.21 Å². The van der Waals surface area contributed by atoms with Crippen LogP contribution in [-0.2, 0) is 4.79 Å². The molecule has 0 aliphatic heterocycles. The highest BCUT2D eigenvalue weighted by Crippen LogP contribution is 2.30. The number of hydrogen-bond donors (Lipinski definition) is 1. The third-order valence-electron chi connectivity index (χ3n) is 4.76. The van der Waals surface area contributed by atoms with Crippen LogP contribution in [0, 0.1) is 20.8 Å². The molecular formula is C23H24BrN3OS. The van der Waals surface area contributed by atoms with Gasteiger partial charge < -0.3 is 4.57 Å². The number of amides is 1. The third-order valence-corrected chi connectivity index (χ3v) is 6.88. The van der Waals surface area contributed by atoms with Gasteiger partial charge in [-0.1, -0.05) is 36.4 Å². The topological polar surface area (TPSA) is 46.4 Å². The third kappa shape index (κ3) is 4.82. The number of carbonyl (C=O) groups is 1. The molecule has 0 saturated heterocycles. The van der Waals surface area contributed by atoms with Crippen molar-refractivity contribution in [2.75, 3.05) is 0 Å². The molecule has 29 heavy (non-hydrogen) atoms. The summed E-state index contributed by atoms with van der Waals surface area (Å²) in [5, 5.41) is 3.98. The molecule has 0 aliphatic carbocycles. The predicted molar refractivity (Wildman–Crippen MR) is 125 cm³/mol. The number of thioether (sulfide) groups is 1. The van der Waals surface area contributed by atoms with E-state index in [-0.39, 0.29) is 11.2 Å². The maximum Gasteiger partial charge on any atom is 0.253 e. The molecule has 4 nitrogen and oxygen atoms in total. The Morgan fingerprint density at radius 2 is 1.72 bits per heavy atom. The van der Waals surface area contributed by atoms with Crippen LogP contribution in [0.2, 0.25) is 0 Å². The highest BCUT2D eigenvalue weighted by Gasteiger charge is 2.17. The fourth-order valence-corrected chi connectivity index (χ4v) is 4.61. The van der Waals surface area contributed by atoms with Gasteiger partial charge in [0.1, 0.15) is 0 Å². The number of aryl methyl sites for hydroxylation is 1. The van der Waals surface area contributed by atoms with Crippen molar-refractivity contribution >= 4 is 39.8 Å². The minimum Gasteiger partial charge on any atom is -0.316 e. The second-order valence-electron chi connectivity index (χ2n) is 6.83. The van der Waals surface area contributed by atoms with Gasteiger partial charge in [-0.05, 0) is 67.4 Å². The van der Waals surface area contributed by atoms with Crippen molar-refractivity contribution in [2.24, 2.45) is 5.10 Å². The van der Waals surface area contributed by atoms with Gasteiger partial charge in [-0.3, -0.25) is 4.79 Å². The highest BCUT2D eigenvalue weighted by molar-refractivity contribution is 9.10. The van der Waals surface area contributed by atoms with Crippen LogP contribution in [0.5, 0.6) is 0 Å². The van der Waals surface area contributed by atoms with Gasteiger partial charge in [0, 0.05) is 32.0 Å². The van der Waals surface area contributed by atoms with Crippen molar-refractivity contribution in [2.45, 2.75) is 37.8 Å². The van der Waals surface area contributed by atoms with Crippen LogP contribution in [0.1, 0.15) is 29.4 Å². The average Bonchev–Trinajstić information content (AvgIpc) is 2.92. The maximum atomic E-state index is 12.4. The first-order chi connectivity index (χ1) is 13.9. The molecule has 1 amide bonds. The van der Waals surface area contributed by atoms with Gasteiger partial charge in [0.25, 0.3) is 5.91 Å². The molecule has 1 heterocycles. The molecule has 1 aromatic heterocycles. The fourth-order valence-electron chi connectivity index (χ4n) is 3.16. The van der Waals surface area contributed by atoms with E-state index in [4.69, 9.17) is 0 Å². The van der Waals surface area contributed by atoms with Gasteiger partial charge in [0.05, 0.1) is 11.5 Å². The zero-order chi connectivity index (χ0) is 21.0. The number of carbonyl (C=O) groups excluding carboxylic acids is 1. The number of aromatic nitrogens is 1. The summed E-state index contributed by atoms with van der Waals surface area (Å²) in [6.45, 7) is 8.10. The largest absolute Gasteiger partial charge is 0.316 e. The molecule has 150 valence electrons. The first-order valence-corrected chi connectivity index (χ1v) is 11.1. The summed E-state index contributed by atoms with van der Waals surface area (Å²) < 4.78 is 3.18. The first kappa shape index (κ1) is 21.4. The first-order valence-electron chi connectivity index (χ1n) is 9.38. The van der Waals surface area contributed by atoms with Crippen LogP contribution in [-0.4, -0.2) is 21.9 Å².